The molecular formula is C23H26ClN3O6S. The molecule has 1 aromatic heterocycles. The van der Waals surface area contributed by atoms with E-state index in [-0.39, 0.29) is 33.5 Å². The highest BCUT2D eigenvalue weighted by Gasteiger charge is 2.43. The van der Waals surface area contributed by atoms with E-state index in [0.717, 1.165) is 29.3 Å². The van der Waals surface area contributed by atoms with Crippen molar-refractivity contribution in [1.29, 1.82) is 0 Å². The number of rotatable bonds is 8. The minimum atomic E-state index is -4.08. The number of benzene rings is 1. The van der Waals surface area contributed by atoms with Gasteiger partial charge in [-0.15, -0.1) is 0 Å². The smallest absolute Gasteiger partial charge is 0.253 e. The Morgan fingerprint density at radius 3 is 2.29 bits per heavy atom. The van der Waals surface area contributed by atoms with Gasteiger partial charge in [-0.2, -0.15) is 0 Å². The van der Waals surface area contributed by atoms with Gasteiger partial charge in [0.1, 0.15) is 27.8 Å². The quantitative estimate of drug-likeness (QED) is 0.309. The number of hydrogen-bond donors (Lipinski definition) is 3. The molecule has 1 heterocycles. The van der Waals surface area contributed by atoms with Crippen LogP contribution in [-0.4, -0.2) is 31.9 Å². The Kier molecular flexibility index (Phi) is 6.03. The Labute approximate surface area is 202 Å². The van der Waals surface area contributed by atoms with Crippen LogP contribution in [-0.2, 0) is 10.0 Å². The number of nitrogens with zero attached hydrogens (tertiary/aromatic N) is 1. The molecule has 0 unspecified atom stereocenters. The van der Waals surface area contributed by atoms with Gasteiger partial charge in [0.05, 0.1) is 16.8 Å². The van der Waals surface area contributed by atoms with E-state index in [9.17, 15) is 23.1 Å². The SMILES string of the molecule is Cc1ccc([C@H](Nc2c(Nc3ccc(Cl)c(S(=O)(=O)N(C)C)c3O)c(=O)c2=O)C2(C)CCC2)o1. The Balaban J connectivity index is 1.71. The molecule has 0 bridgehead atoms. The molecule has 3 N–H and O–H groups in total. The van der Waals surface area contributed by atoms with Gasteiger partial charge >= 0.3 is 0 Å². The van der Waals surface area contributed by atoms with Gasteiger partial charge in [0, 0.05) is 14.1 Å². The molecule has 0 aliphatic heterocycles. The van der Waals surface area contributed by atoms with Crippen molar-refractivity contribution < 1.29 is 17.9 Å². The molecule has 0 saturated heterocycles. The number of hydrogen-bond acceptors (Lipinski definition) is 8. The van der Waals surface area contributed by atoms with Gasteiger partial charge in [0.2, 0.25) is 10.0 Å². The van der Waals surface area contributed by atoms with Gasteiger partial charge in [-0.05, 0) is 49.4 Å². The predicted octanol–water partition coefficient (Wildman–Crippen LogP) is 3.88. The molecule has 1 atom stereocenters. The van der Waals surface area contributed by atoms with E-state index < -0.39 is 31.5 Å². The molecule has 1 aliphatic rings. The van der Waals surface area contributed by atoms with E-state index in [4.69, 9.17) is 16.0 Å². The summed E-state index contributed by atoms with van der Waals surface area (Å²) in [5.41, 5.74) is -1.72. The standard InChI is InChI=1S/C23H26ClN3O6S/c1-12-6-9-15(33-12)22(23(2)10-5-11-23)26-17-16(19(29)20(17)30)25-14-8-7-13(24)21(18(14)28)34(31,32)27(3)4/h6-9,22,25-26,28H,5,10-11H2,1-4H3/t22-/m0/s1. The highest BCUT2D eigenvalue weighted by atomic mass is 35.5. The number of phenols is 1. The lowest BCUT2D eigenvalue weighted by atomic mass is 9.65. The van der Waals surface area contributed by atoms with Gasteiger partial charge in [-0.25, -0.2) is 12.7 Å². The van der Waals surface area contributed by atoms with Crippen molar-refractivity contribution in [3.8, 4) is 5.75 Å². The number of halogens is 1. The summed E-state index contributed by atoms with van der Waals surface area (Å²) in [4.78, 5) is 24.4. The fraction of sp³-hybridized carbons (Fsp3) is 0.391. The van der Waals surface area contributed by atoms with Crippen molar-refractivity contribution in [2.75, 3.05) is 24.7 Å². The molecule has 9 nitrogen and oxygen atoms in total. The van der Waals surface area contributed by atoms with Crippen molar-refractivity contribution in [3.05, 3.63) is 61.3 Å². The Morgan fingerprint density at radius 1 is 1.12 bits per heavy atom. The van der Waals surface area contributed by atoms with Crippen molar-refractivity contribution >= 4 is 38.7 Å². The topological polar surface area (TPSA) is 129 Å². The fourth-order valence-electron chi connectivity index (χ4n) is 4.22. The minimum absolute atomic E-state index is 0.0588. The fourth-order valence-corrected chi connectivity index (χ4v) is 5.70. The van der Waals surface area contributed by atoms with E-state index in [1.165, 1.54) is 26.2 Å². The molecule has 34 heavy (non-hydrogen) atoms. The van der Waals surface area contributed by atoms with Crippen LogP contribution in [0.4, 0.5) is 17.1 Å². The molecule has 11 heteroatoms. The summed E-state index contributed by atoms with van der Waals surface area (Å²) >= 11 is 6.06. The first kappa shape index (κ1) is 24.3. The summed E-state index contributed by atoms with van der Waals surface area (Å²) in [6, 6.07) is 5.97. The number of anilines is 3. The Bertz CT molecular complexity index is 1430. The number of sulfonamides is 1. The molecular weight excluding hydrogens is 482 g/mol. The van der Waals surface area contributed by atoms with Crippen LogP contribution in [0.2, 0.25) is 5.02 Å². The lowest BCUT2D eigenvalue weighted by Gasteiger charge is -2.44. The zero-order valence-electron chi connectivity index (χ0n) is 19.2. The first-order valence-electron chi connectivity index (χ1n) is 10.7. The predicted molar refractivity (Wildman–Crippen MR) is 130 cm³/mol. The normalized spacial score (nSPS) is 16.4. The largest absolute Gasteiger partial charge is 0.504 e. The average Bonchev–Trinajstić information content (AvgIpc) is 3.18. The lowest BCUT2D eigenvalue weighted by molar-refractivity contribution is 0.117. The van der Waals surface area contributed by atoms with Gasteiger partial charge in [0.25, 0.3) is 10.9 Å². The maximum absolute atomic E-state index is 12.6. The van der Waals surface area contributed by atoms with Gasteiger partial charge in [-0.1, -0.05) is 24.9 Å². The summed E-state index contributed by atoms with van der Waals surface area (Å²) in [6.45, 7) is 3.92. The van der Waals surface area contributed by atoms with Gasteiger partial charge in [0.15, 0.2) is 5.75 Å². The summed E-state index contributed by atoms with van der Waals surface area (Å²) < 4.78 is 32.0. The lowest BCUT2D eigenvalue weighted by Crippen LogP contribution is -2.42. The maximum Gasteiger partial charge on any atom is 0.253 e. The van der Waals surface area contributed by atoms with Crippen LogP contribution in [0.5, 0.6) is 5.75 Å². The molecule has 182 valence electrons. The Morgan fingerprint density at radius 2 is 1.76 bits per heavy atom. The molecule has 0 spiro atoms. The van der Waals surface area contributed by atoms with E-state index in [0.29, 0.717) is 5.76 Å². The molecule has 1 aliphatic carbocycles. The number of furan rings is 1. The van der Waals surface area contributed by atoms with Crippen LogP contribution < -0.4 is 21.5 Å². The van der Waals surface area contributed by atoms with Crippen LogP contribution in [0.3, 0.4) is 0 Å². The molecule has 1 saturated carbocycles. The zero-order chi connectivity index (χ0) is 25.0. The molecule has 1 fully saturated rings. The highest BCUT2D eigenvalue weighted by Crippen LogP contribution is 2.51. The van der Waals surface area contributed by atoms with Gasteiger partial charge in [-0.3, -0.25) is 9.59 Å². The maximum atomic E-state index is 12.6. The third kappa shape index (κ3) is 3.89. The first-order chi connectivity index (χ1) is 15.9. The van der Waals surface area contributed by atoms with Crippen LogP contribution in [0.25, 0.3) is 0 Å². The molecule has 4 rings (SSSR count). The van der Waals surface area contributed by atoms with E-state index in [1.807, 2.05) is 19.1 Å². The van der Waals surface area contributed by atoms with Crippen molar-refractivity contribution in [1.82, 2.24) is 4.31 Å². The highest BCUT2D eigenvalue weighted by molar-refractivity contribution is 7.89. The number of aryl methyl sites for hydroxylation is 1. The molecule has 3 aromatic rings. The van der Waals surface area contributed by atoms with Crippen molar-refractivity contribution in [2.24, 2.45) is 5.41 Å². The molecule has 0 radical (unpaired) electrons. The van der Waals surface area contributed by atoms with Crippen LogP contribution in [0.1, 0.15) is 43.7 Å². The number of aromatic hydroxyl groups is 1. The molecule has 2 aromatic carbocycles. The van der Waals surface area contributed by atoms with Crippen molar-refractivity contribution in [2.45, 2.75) is 44.0 Å². The second kappa shape index (κ2) is 8.44. The molecule has 0 amide bonds. The second-order valence-electron chi connectivity index (χ2n) is 9.13. The van der Waals surface area contributed by atoms with E-state index in [1.54, 1.807) is 0 Å². The average molecular weight is 508 g/mol. The van der Waals surface area contributed by atoms with Gasteiger partial charge < -0.3 is 20.2 Å². The summed E-state index contributed by atoms with van der Waals surface area (Å²) in [5, 5.41) is 16.4. The summed E-state index contributed by atoms with van der Waals surface area (Å²) in [6.07, 6.45) is 2.89. The number of phenolic OH excluding ortho intramolecular Hbond substituents is 1. The summed E-state index contributed by atoms with van der Waals surface area (Å²) in [7, 11) is -1.46. The zero-order valence-corrected chi connectivity index (χ0v) is 20.8. The monoisotopic (exact) mass is 507 g/mol. The number of nitrogens with one attached hydrogen (secondary N) is 2. The first-order valence-corrected chi connectivity index (χ1v) is 12.6. The van der Waals surface area contributed by atoms with Crippen LogP contribution in [0, 0.1) is 12.3 Å². The van der Waals surface area contributed by atoms with Crippen LogP contribution >= 0.6 is 11.6 Å². The second-order valence-corrected chi connectivity index (χ2v) is 11.6. The Hall–Kier alpha value is -2.82. The summed E-state index contributed by atoms with van der Waals surface area (Å²) in [5.74, 6) is 0.741. The third-order valence-electron chi connectivity index (χ3n) is 6.52. The van der Waals surface area contributed by atoms with Crippen LogP contribution in [0.15, 0.2) is 43.2 Å². The van der Waals surface area contributed by atoms with E-state index in [2.05, 4.69) is 17.6 Å². The minimum Gasteiger partial charge on any atom is -0.504 e. The van der Waals surface area contributed by atoms with Crippen molar-refractivity contribution in [3.63, 3.8) is 0 Å². The third-order valence-corrected chi connectivity index (χ3v) is 8.84. The van der Waals surface area contributed by atoms with E-state index >= 15 is 0 Å².